The molecule has 0 spiro atoms. The smallest absolute Gasteiger partial charge is 0.0426 e. The highest BCUT2D eigenvalue weighted by Gasteiger charge is 1.91. The molecule has 0 amide bonds. The van der Waals surface area contributed by atoms with Gasteiger partial charge >= 0.3 is 0 Å². The van der Waals surface area contributed by atoms with Gasteiger partial charge in [-0.1, -0.05) is 42.1 Å². The maximum atomic E-state index is 5.01. The molecule has 11 heavy (non-hydrogen) atoms. The van der Waals surface area contributed by atoms with Crippen LogP contribution in [0.4, 0.5) is 0 Å². The average molecular weight is 220 g/mol. The molecule has 0 aliphatic rings. The quantitative estimate of drug-likeness (QED) is 0.613. The Bertz CT molecular complexity index is 235. The van der Waals surface area contributed by atoms with Crippen LogP contribution < -0.4 is 0 Å². The molecule has 0 saturated carbocycles. The van der Waals surface area contributed by atoms with E-state index in [1.165, 1.54) is 5.56 Å². The second kappa shape index (κ2) is 5.26. The minimum absolute atomic E-state index is 0.838. The molecule has 4 heteroatoms. The minimum atomic E-state index is -0.838. The molecule has 0 nitrogen and oxygen atoms in total. The molecule has 1 aromatic carbocycles. The summed E-state index contributed by atoms with van der Waals surface area (Å²) in [7, 11) is 0. The SMILES string of the molecule is S=[PH](S)SCc1ccccc1. The lowest BCUT2D eigenvalue weighted by Gasteiger charge is -1.97. The summed E-state index contributed by atoms with van der Waals surface area (Å²) in [4.78, 5) is 0. The maximum Gasteiger partial charge on any atom is 0.0426 e. The average Bonchev–Trinajstić information content (AvgIpc) is 2.03. The van der Waals surface area contributed by atoms with Crippen LogP contribution in [0.2, 0.25) is 0 Å². The van der Waals surface area contributed by atoms with Gasteiger partial charge in [-0.05, 0) is 5.56 Å². The molecule has 0 N–H and O–H groups in total. The summed E-state index contributed by atoms with van der Waals surface area (Å²) in [5.74, 6) is 1.00. The molecule has 0 heterocycles. The predicted octanol–water partition coefficient (Wildman–Crippen LogP) is 3.36. The number of thiol groups is 1. The molecule has 1 rings (SSSR count). The minimum Gasteiger partial charge on any atom is -0.134 e. The molecule has 0 bridgehead atoms. The van der Waals surface area contributed by atoms with Crippen LogP contribution in [0.15, 0.2) is 30.3 Å². The molecule has 1 atom stereocenters. The van der Waals surface area contributed by atoms with Crippen LogP contribution in [-0.4, -0.2) is 0 Å². The Morgan fingerprint density at radius 1 is 1.36 bits per heavy atom. The lowest BCUT2D eigenvalue weighted by atomic mass is 10.2. The highest BCUT2D eigenvalue weighted by atomic mass is 33.2. The Morgan fingerprint density at radius 3 is 2.55 bits per heavy atom. The van der Waals surface area contributed by atoms with Gasteiger partial charge in [0.1, 0.15) is 0 Å². The van der Waals surface area contributed by atoms with Gasteiger partial charge in [0.15, 0.2) is 0 Å². The first-order valence-corrected chi connectivity index (χ1v) is 8.82. The molecule has 0 fully saturated rings. The standard InChI is InChI=1S/C7H9PS3/c9-8(10)11-6-7-4-2-1-3-5-7/h1-5,8H,6H2,(H,9,10). The van der Waals surface area contributed by atoms with E-state index < -0.39 is 5.10 Å². The van der Waals surface area contributed by atoms with E-state index in [-0.39, 0.29) is 0 Å². The number of hydrogen-bond acceptors (Lipinski definition) is 2. The van der Waals surface area contributed by atoms with Crippen LogP contribution in [0, 0.1) is 0 Å². The summed E-state index contributed by atoms with van der Waals surface area (Å²) in [5.41, 5.74) is 1.33. The highest BCUT2D eigenvalue weighted by molar-refractivity contribution is 8.89. The lowest BCUT2D eigenvalue weighted by Crippen LogP contribution is -1.74. The van der Waals surface area contributed by atoms with E-state index in [4.69, 9.17) is 11.8 Å². The van der Waals surface area contributed by atoms with Crippen molar-refractivity contribution in [3.63, 3.8) is 0 Å². The van der Waals surface area contributed by atoms with Crippen molar-refractivity contribution in [2.24, 2.45) is 0 Å². The van der Waals surface area contributed by atoms with Gasteiger partial charge in [-0.15, -0.1) is 23.6 Å². The molecular formula is C7H9PS3. The van der Waals surface area contributed by atoms with E-state index in [9.17, 15) is 0 Å². The first-order chi connectivity index (χ1) is 5.29. The van der Waals surface area contributed by atoms with Crippen molar-refractivity contribution in [1.82, 2.24) is 0 Å². The fourth-order valence-electron chi connectivity index (χ4n) is 0.719. The van der Waals surface area contributed by atoms with Crippen LogP contribution in [0.1, 0.15) is 5.56 Å². The third-order valence-corrected chi connectivity index (χ3v) is 5.33. The summed E-state index contributed by atoms with van der Waals surface area (Å²) in [6.07, 6.45) is 0. The largest absolute Gasteiger partial charge is 0.134 e. The van der Waals surface area contributed by atoms with E-state index >= 15 is 0 Å². The summed E-state index contributed by atoms with van der Waals surface area (Å²) in [6.45, 7) is 0. The third kappa shape index (κ3) is 4.22. The van der Waals surface area contributed by atoms with Gasteiger partial charge in [-0.25, -0.2) is 0 Å². The Hall–Kier alpha value is 0.570. The van der Waals surface area contributed by atoms with E-state index in [0.717, 1.165) is 5.75 Å². The van der Waals surface area contributed by atoms with Crippen molar-refractivity contribution < 1.29 is 0 Å². The Labute approximate surface area is 82.1 Å². The molecule has 1 unspecified atom stereocenters. The molecule has 1 aromatic rings. The molecule has 0 saturated heterocycles. The monoisotopic (exact) mass is 220 g/mol. The van der Waals surface area contributed by atoms with Gasteiger partial charge in [0.25, 0.3) is 0 Å². The van der Waals surface area contributed by atoms with Gasteiger partial charge in [0.2, 0.25) is 0 Å². The van der Waals surface area contributed by atoms with Gasteiger partial charge < -0.3 is 0 Å². The molecule has 0 aromatic heterocycles. The molecule has 60 valence electrons. The van der Waals surface area contributed by atoms with Gasteiger partial charge in [-0.2, -0.15) is 0 Å². The van der Waals surface area contributed by atoms with Crippen molar-refractivity contribution in [3.8, 4) is 0 Å². The number of benzene rings is 1. The normalized spacial score (nSPS) is 12.8. The Kier molecular flexibility index (Phi) is 4.61. The summed E-state index contributed by atoms with van der Waals surface area (Å²) in [5, 5.41) is -0.838. The van der Waals surface area contributed by atoms with Crippen LogP contribution in [-0.2, 0) is 17.6 Å². The van der Waals surface area contributed by atoms with Crippen LogP contribution >= 0.6 is 28.7 Å². The first-order valence-electron chi connectivity index (χ1n) is 3.18. The third-order valence-electron chi connectivity index (χ3n) is 1.21. The van der Waals surface area contributed by atoms with Gasteiger partial charge in [0, 0.05) is 10.9 Å². The zero-order valence-corrected chi connectivity index (χ0v) is 9.38. The Morgan fingerprint density at radius 2 is 2.00 bits per heavy atom. The predicted molar refractivity (Wildman–Crippen MR) is 62.4 cm³/mol. The van der Waals surface area contributed by atoms with E-state index in [1.54, 1.807) is 11.4 Å². The van der Waals surface area contributed by atoms with Crippen molar-refractivity contribution >= 4 is 40.5 Å². The van der Waals surface area contributed by atoms with E-state index in [0.29, 0.717) is 0 Å². The fourth-order valence-corrected chi connectivity index (χ4v) is 3.18. The summed E-state index contributed by atoms with van der Waals surface area (Å²) in [6, 6.07) is 10.3. The lowest BCUT2D eigenvalue weighted by molar-refractivity contribution is 1.43. The second-order valence-electron chi connectivity index (χ2n) is 2.04. The summed E-state index contributed by atoms with van der Waals surface area (Å²) >= 11 is 11.0. The second-order valence-corrected chi connectivity index (χ2v) is 10.4. The van der Waals surface area contributed by atoms with Crippen LogP contribution in [0.5, 0.6) is 0 Å². The van der Waals surface area contributed by atoms with Crippen LogP contribution in [0.3, 0.4) is 0 Å². The maximum absolute atomic E-state index is 5.01. The van der Waals surface area contributed by atoms with E-state index in [2.05, 4.69) is 24.4 Å². The van der Waals surface area contributed by atoms with Crippen molar-refractivity contribution in [2.75, 3.05) is 0 Å². The van der Waals surface area contributed by atoms with Crippen molar-refractivity contribution in [3.05, 3.63) is 35.9 Å². The molecule has 0 radical (unpaired) electrons. The van der Waals surface area contributed by atoms with Crippen molar-refractivity contribution in [1.29, 1.82) is 0 Å². The Balaban J connectivity index is 2.45. The van der Waals surface area contributed by atoms with E-state index in [1.807, 2.05) is 18.2 Å². The molecule has 0 aliphatic carbocycles. The first kappa shape index (κ1) is 9.66. The topological polar surface area (TPSA) is 0 Å². The number of rotatable bonds is 3. The highest BCUT2D eigenvalue weighted by Crippen LogP contribution is 2.43. The van der Waals surface area contributed by atoms with Gasteiger partial charge in [0.05, 0.1) is 0 Å². The molecular weight excluding hydrogens is 211 g/mol. The zero-order valence-electron chi connectivity index (χ0n) is 5.86. The summed E-state index contributed by atoms with van der Waals surface area (Å²) < 4.78 is 0. The van der Waals surface area contributed by atoms with Crippen LogP contribution in [0.25, 0.3) is 0 Å². The molecule has 0 aliphatic heterocycles. The van der Waals surface area contributed by atoms with Crippen molar-refractivity contribution in [2.45, 2.75) is 5.75 Å². The fraction of sp³-hybridized carbons (Fsp3) is 0.143. The zero-order chi connectivity index (χ0) is 8.10. The van der Waals surface area contributed by atoms with Gasteiger partial charge in [-0.3, -0.25) is 0 Å². The number of hydrogen-bond donors (Lipinski definition) is 1.